The third-order valence-corrected chi connectivity index (χ3v) is 3.00. The highest BCUT2D eigenvalue weighted by Gasteiger charge is 2.10. The zero-order chi connectivity index (χ0) is 16.1. The maximum atomic E-state index is 11.9. The van der Waals surface area contributed by atoms with E-state index in [1.807, 2.05) is 13.8 Å². The number of H-pyrrole nitrogens is 1. The molecule has 10 heteroatoms. The fourth-order valence-electron chi connectivity index (χ4n) is 1.81. The molecule has 0 unspecified atom stereocenters. The maximum absolute atomic E-state index is 11.9. The van der Waals surface area contributed by atoms with Crippen LogP contribution in [0.15, 0.2) is 6.20 Å². The molecule has 10 nitrogen and oxygen atoms in total. The number of nitrogens with one attached hydrogen (secondary N) is 3. The monoisotopic (exact) mass is 307 g/mol. The quantitative estimate of drug-likeness (QED) is 0.719. The zero-order valence-electron chi connectivity index (χ0n) is 12.5. The molecule has 0 atom stereocenters. The summed E-state index contributed by atoms with van der Waals surface area (Å²) in [6.45, 7) is 4.14. The minimum Gasteiger partial charge on any atom is -0.453 e. The number of aromatic amines is 1. The van der Waals surface area contributed by atoms with E-state index in [-0.39, 0.29) is 18.3 Å². The number of carbonyl (C=O) groups excluding carboxylic acids is 2. The molecule has 2 aromatic rings. The Hall–Kier alpha value is -2.91. The number of carbonyl (C=O) groups is 2. The van der Waals surface area contributed by atoms with Crippen LogP contribution in [0.5, 0.6) is 0 Å². The molecule has 2 rings (SSSR count). The van der Waals surface area contributed by atoms with Gasteiger partial charge >= 0.3 is 6.09 Å². The van der Waals surface area contributed by atoms with Gasteiger partial charge in [0.05, 0.1) is 19.0 Å². The predicted molar refractivity (Wildman–Crippen MR) is 76.0 cm³/mol. The summed E-state index contributed by atoms with van der Waals surface area (Å²) in [4.78, 5) is 22.9. The van der Waals surface area contributed by atoms with Crippen LogP contribution >= 0.6 is 0 Å². The summed E-state index contributed by atoms with van der Waals surface area (Å²) in [6, 6.07) is 0. The van der Waals surface area contributed by atoms with Gasteiger partial charge in [-0.15, -0.1) is 5.10 Å². The number of nitrogens with zero attached hydrogens (tertiary/aromatic N) is 4. The van der Waals surface area contributed by atoms with Gasteiger partial charge in [0.25, 0.3) is 0 Å². The molecule has 118 valence electrons. The lowest BCUT2D eigenvalue weighted by Crippen LogP contribution is -2.27. The van der Waals surface area contributed by atoms with Crippen LogP contribution in [0.3, 0.4) is 0 Å². The molecule has 0 saturated carbocycles. The molecule has 2 amide bonds. The zero-order valence-corrected chi connectivity index (χ0v) is 12.5. The third kappa shape index (κ3) is 3.81. The smallest absolute Gasteiger partial charge is 0.412 e. The number of aromatic nitrogens is 5. The Morgan fingerprint density at radius 3 is 2.82 bits per heavy atom. The van der Waals surface area contributed by atoms with Gasteiger partial charge in [0.15, 0.2) is 5.82 Å². The molecule has 2 aromatic heterocycles. The largest absolute Gasteiger partial charge is 0.453 e. The minimum absolute atomic E-state index is 0.00814. The second kappa shape index (κ2) is 6.70. The van der Waals surface area contributed by atoms with E-state index in [1.165, 1.54) is 18.0 Å². The Bertz CT molecular complexity index is 657. The van der Waals surface area contributed by atoms with E-state index in [0.29, 0.717) is 6.54 Å². The lowest BCUT2D eigenvalue weighted by molar-refractivity contribution is -0.122. The Morgan fingerprint density at radius 1 is 1.41 bits per heavy atom. The highest BCUT2D eigenvalue weighted by Crippen LogP contribution is 2.08. The summed E-state index contributed by atoms with van der Waals surface area (Å²) in [6.07, 6.45) is 0.785. The van der Waals surface area contributed by atoms with Crippen LogP contribution in [0.1, 0.15) is 17.0 Å². The summed E-state index contributed by atoms with van der Waals surface area (Å²) < 4.78 is 5.75. The molecule has 0 spiro atoms. The summed E-state index contributed by atoms with van der Waals surface area (Å²) in [7, 11) is 1.24. The van der Waals surface area contributed by atoms with Gasteiger partial charge in [0, 0.05) is 17.8 Å². The van der Waals surface area contributed by atoms with E-state index in [4.69, 9.17) is 0 Å². The maximum Gasteiger partial charge on any atom is 0.412 e. The first kappa shape index (κ1) is 15.5. The van der Waals surface area contributed by atoms with Gasteiger partial charge in [0.2, 0.25) is 5.91 Å². The number of anilines is 1. The average molecular weight is 307 g/mol. The molecule has 0 fully saturated rings. The highest BCUT2D eigenvalue weighted by molar-refractivity contribution is 5.82. The molecule has 3 N–H and O–H groups in total. The molecule has 0 radical (unpaired) electrons. The SMILES string of the molecule is COC(=O)Nc1cn(CC(=O)NCc2c(C)n[nH]c2C)nn1. The normalized spacial score (nSPS) is 10.3. The number of aryl methyl sites for hydroxylation is 2. The van der Waals surface area contributed by atoms with Crippen LogP contribution in [-0.2, 0) is 22.6 Å². The lowest BCUT2D eigenvalue weighted by atomic mass is 10.2. The molecule has 0 aliphatic rings. The van der Waals surface area contributed by atoms with Crippen molar-refractivity contribution in [3.05, 3.63) is 23.1 Å². The second-order valence-corrected chi connectivity index (χ2v) is 4.61. The van der Waals surface area contributed by atoms with E-state index in [0.717, 1.165) is 17.0 Å². The predicted octanol–water partition coefficient (Wildman–Crippen LogP) is 0.113. The minimum atomic E-state index is -0.651. The fourth-order valence-corrected chi connectivity index (χ4v) is 1.81. The number of amides is 2. The van der Waals surface area contributed by atoms with Gasteiger partial charge < -0.3 is 10.1 Å². The van der Waals surface area contributed by atoms with Crippen molar-refractivity contribution in [2.45, 2.75) is 26.9 Å². The first-order valence-electron chi connectivity index (χ1n) is 6.52. The number of ether oxygens (including phenoxy) is 1. The first-order chi connectivity index (χ1) is 10.5. The van der Waals surface area contributed by atoms with Crippen LogP contribution < -0.4 is 10.6 Å². The van der Waals surface area contributed by atoms with Crippen molar-refractivity contribution in [2.75, 3.05) is 12.4 Å². The van der Waals surface area contributed by atoms with Crippen LogP contribution in [-0.4, -0.2) is 44.3 Å². The van der Waals surface area contributed by atoms with Crippen molar-refractivity contribution < 1.29 is 14.3 Å². The number of rotatable bonds is 5. The van der Waals surface area contributed by atoms with Gasteiger partial charge in [-0.25, -0.2) is 9.48 Å². The third-order valence-electron chi connectivity index (χ3n) is 3.00. The Balaban J connectivity index is 1.86. The van der Waals surface area contributed by atoms with Crippen molar-refractivity contribution in [1.29, 1.82) is 0 Å². The molecule has 0 aliphatic carbocycles. The molecule has 0 saturated heterocycles. The number of methoxy groups -OCH3 is 1. The van der Waals surface area contributed by atoms with Crippen LogP contribution in [0.25, 0.3) is 0 Å². The molecule has 0 aliphatic heterocycles. The number of hydrogen-bond acceptors (Lipinski definition) is 6. The fraction of sp³-hybridized carbons (Fsp3) is 0.417. The van der Waals surface area contributed by atoms with Gasteiger partial charge in [-0.1, -0.05) is 5.21 Å². The molecular formula is C12H17N7O3. The van der Waals surface area contributed by atoms with E-state index < -0.39 is 6.09 Å². The Morgan fingerprint density at radius 2 is 2.18 bits per heavy atom. The van der Waals surface area contributed by atoms with Crippen LogP contribution in [0, 0.1) is 13.8 Å². The highest BCUT2D eigenvalue weighted by atomic mass is 16.5. The van der Waals surface area contributed by atoms with Crippen LogP contribution in [0.4, 0.5) is 10.6 Å². The topological polar surface area (TPSA) is 127 Å². The molecule has 2 heterocycles. The summed E-state index contributed by atoms with van der Waals surface area (Å²) in [5.74, 6) is -0.0179. The molecular weight excluding hydrogens is 290 g/mol. The van der Waals surface area contributed by atoms with Crippen LogP contribution in [0.2, 0.25) is 0 Å². The van der Waals surface area contributed by atoms with Gasteiger partial charge in [0.1, 0.15) is 6.54 Å². The Labute approximate surface area is 126 Å². The van der Waals surface area contributed by atoms with E-state index in [2.05, 4.69) is 35.9 Å². The average Bonchev–Trinajstić information content (AvgIpc) is 3.04. The molecule has 22 heavy (non-hydrogen) atoms. The summed E-state index contributed by atoms with van der Waals surface area (Å²) in [5.41, 5.74) is 2.73. The van der Waals surface area contributed by atoms with Gasteiger partial charge in [-0.3, -0.25) is 15.2 Å². The standard InChI is InChI=1S/C12H17N7O3/c1-7-9(8(2)16-15-7)4-13-11(20)6-19-5-10(17-18-19)14-12(21)22-3/h5H,4,6H2,1-3H3,(H,13,20)(H,14,21)(H,15,16). The Kier molecular flexibility index (Phi) is 4.71. The van der Waals surface area contributed by atoms with E-state index in [1.54, 1.807) is 0 Å². The van der Waals surface area contributed by atoms with Gasteiger partial charge in [-0.2, -0.15) is 5.10 Å². The van der Waals surface area contributed by atoms with Crippen molar-refractivity contribution in [3.8, 4) is 0 Å². The van der Waals surface area contributed by atoms with Crippen molar-refractivity contribution in [3.63, 3.8) is 0 Å². The lowest BCUT2D eigenvalue weighted by Gasteiger charge is -2.05. The van der Waals surface area contributed by atoms with Crippen molar-refractivity contribution >= 4 is 17.8 Å². The van der Waals surface area contributed by atoms with E-state index >= 15 is 0 Å². The molecule has 0 bridgehead atoms. The summed E-state index contributed by atoms with van der Waals surface area (Å²) in [5, 5.41) is 19.5. The van der Waals surface area contributed by atoms with Crippen molar-refractivity contribution in [2.24, 2.45) is 0 Å². The van der Waals surface area contributed by atoms with E-state index in [9.17, 15) is 9.59 Å². The second-order valence-electron chi connectivity index (χ2n) is 4.61. The molecule has 0 aromatic carbocycles. The van der Waals surface area contributed by atoms with Gasteiger partial charge in [-0.05, 0) is 13.8 Å². The number of hydrogen-bond donors (Lipinski definition) is 3. The van der Waals surface area contributed by atoms with Crippen molar-refractivity contribution in [1.82, 2.24) is 30.5 Å². The first-order valence-corrected chi connectivity index (χ1v) is 6.52. The summed E-state index contributed by atoms with van der Waals surface area (Å²) >= 11 is 0.